The fourth-order valence-corrected chi connectivity index (χ4v) is 8.29. The summed E-state index contributed by atoms with van der Waals surface area (Å²) in [6, 6.07) is 0. The van der Waals surface area contributed by atoms with Crippen LogP contribution in [0.1, 0.15) is 151 Å². The number of esters is 4. The van der Waals surface area contributed by atoms with Crippen molar-refractivity contribution in [3.63, 3.8) is 0 Å². The Bertz CT molecular complexity index is 1360. The Morgan fingerprint density at radius 2 is 1.39 bits per heavy atom. The van der Waals surface area contributed by atoms with Gasteiger partial charge in [0.2, 0.25) is 0 Å². The molecule has 3 rings (SSSR count). The quantitative estimate of drug-likeness (QED) is 0.0382. The summed E-state index contributed by atoms with van der Waals surface area (Å²) in [5.41, 5.74) is -0.148. The van der Waals surface area contributed by atoms with Crippen LogP contribution in [-0.4, -0.2) is 93.3 Å². The van der Waals surface area contributed by atoms with Crippen LogP contribution in [0.3, 0.4) is 0 Å². The molecule has 308 valence electrons. The van der Waals surface area contributed by atoms with E-state index in [0.717, 1.165) is 70.6 Å². The highest BCUT2D eigenvalue weighted by atomic mass is 16.7. The van der Waals surface area contributed by atoms with Gasteiger partial charge in [-0.3, -0.25) is 14.4 Å². The minimum Gasteiger partial charge on any atom is -0.459 e. The van der Waals surface area contributed by atoms with Crippen molar-refractivity contribution in [3.8, 4) is 0 Å². The summed E-state index contributed by atoms with van der Waals surface area (Å²) in [6.07, 6.45) is 5.88. The van der Waals surface area contributed by atoms with Gasteiger partial charge >= 0.3 is 23.9 Å². The second-order valence-corrected chi connectivity index (χ2v) is 15.8. The molecule has 1 saturated carbocycles. The van der Waals surface area contributed by atoms with E-state index in [1.165, 1.54) is 13.8 Å². The second kappa shape index (κ2) is 20.4. The molecule has 2 fully saturated rings. The number of hydrogen-bond acceptors (Lipinski definition) is 13. The van der Waals surface area contributed by atoms with Gasteiger partial charge < -0.3 is 44.7 Å². The largest absolute Gasteiger partial charge is 0.459 e. The topological polar surface area (TPSA) is 201 Å². The van der Waals surface area contributed by atoms with Crippen molar-refractivity contribution in [2.45, 2.75) is 199 Å². The van der Waals surface area contributed by atoms with Crippen molar-refractivity contribution >= 4 is 23.9 Å². The number of allylic oxidation sites excluding steroid dienone is 1. The molecular formula is C41H67NO12. The molecule has 54 heavy (non-hydrogen) atoms. The van der Waals surface area contributed by atoms with Gasteiger partial charge in [0.15, 0.2) is 24.1 Å². The Labute approximate surface area is 321 Å². The Morgan fingerprint density at radius 3 is 1.93 bits per heavy atom. The molecule has 2 aliphatic carbocycles. The predicted molar refractivity (Wildman–Crippen MR) is 200 cm³/mol. The molecule has 3 aliphatic rings. The van der Waals surface area contributed by atoms with Crippen LogP contribution in [0.4, 0.5) is 0 Å². The summed E-state index contributed by atoms with van der Waals surface area (Å²) in [5.74, 6) is -3.70. The number of aliphatic hydroxyl groups is 3. The first-order chi connectivity index (χ1) is 25.5. The van der Waals surface area contributed by atoms with Crippen LogP contribution in [0.15, 0.2) is 22.8 Å². The maximum atomic E-state index is 13.5. The third kappa shape index (κ3) is 10.5. The predicted octanol–water partition coefficient (Wildman–Crippen LogP) is 5.39. The van der Waals surface area contributed by atoms with Gasteiger partial charge in [-0.15, -0.1) is 0 Å². The third-order valence-corrected chi connectivity index (χ3v) is 11.5. The lowest BCUT2D eigenvalue weighted by Crippen LogP contribution is -2.65. The zero-order valence-corrected chi connectivity index (χ0v) is 33.7. The molecule has 5 N–H and O–H groups in total. The highest BCUT2D eigenvalue weighted by Gasteiger charge is 2.75. The fraction of sp³-hybridized carbons (Fsp3) is 0.805. The minimum absolute atomic E-state index is 0.0340. The first kappa shape index (κ1) is 45.5. The van der Waals surface area contributed by atoms with E-state index in [9.17, 15) is 34.5 Å². The van der Waals surface area contributed by atoms with Gasteiger partial charge in [0.25, 0.3) is 0 Å². The van der Waals surface area contributed by atoms with Gasteiger partial charge in [-0.25, -0.2) is 4.79 Å². The Morgan fingerprint density at radius 1 is 0.852 bits per heavy atom. The maximum Gasteiger partial charge on any atom is 0.334 e. The molecule has 0 aromatic rings. The van der Waals surface area contributed by atoms with Crippen molar-refractivity contribution < 1.29 is 58.2 Å². The van der Waals surface area contributed by atoms with Crippen molar-refractivity contribution in [3.05, 3.63) is 22.8 Å². The number of nitrogens with two attached hydrogens (primary N) is 1. The molecule has 0 amide bonds. The number of aliphatic hydroxyl groups excluding tert-OH is 1. The molecule has 0 spiro atoms. The summed E-state index contributed by atoms with van der Waals surface area (Å²) in [6.45, 7) is 11.6. The lowest BCUT2D eigenvalue weighted by Gasteiger charge is -2.43. The number of fused-ring (bicyclic) bond motifs is 3. The molecule has 0 bridgehead atoms. The average Bonchev–Trinajstić information content (AvgIpc) is 3.44. The van der Waals surface area contributed by atoms with Crippen molar-refractivity contribution in [2.75, 3.05) is 6.54 Å². The third-order valence-electron chi connectivity index (χ3n) is 11.5. The first-order valence-corrected chi connectivity index (χ1v) is 20.1. The average molecular weight is 766 g/mol. The Balaban J connectivity index is 2.02. The molecule has 9 atom stereocenters. The summed E-state index contributed by atoms with van der Waals surface area (Å²) in [4.78, 5) is 53.0. The molecule has 0 aromatic carbocycles. The molecule has 0 aromatic heterocycles. The highest BCUT2D eigenvalue weighted by molar-refractivity contribution is 5.88. The van der Waals surface area contributed by atoms with Crippen LogP contribution in [-0.2, 0) is 42.9 Å². The van der Waals surface area contributed by atoms with E-state index in [0.29, 0.717) is 30.5 Å². The van der Waals surface area contributed by atoms with Gasteiger partial charge in [-0.05, 0) is 71.6 Å². The number of carbonyl (C=O) groups is 4. The molecule has 0 unspecified atom stereocenters. The van der Waals surface area contributed by atoms with Crippen LogP contribution in [0, 0.1) is 5.92 Å². The first-order valence-electron chi connectivity index (χ1n) is 20.1. The molecule has 0 radical (unpaired) electrons. The summed E-state index contributed by atoms with van der Waals surface area (Å²) < 4.78 is 30.1. The van der Waals surface area contributed by atoms with Crippen LogP contribution in [0.5, 0.6) is 0 Å². The van der Waals surface area contributed by atoms with Gasteiger partial charge in [0, 0.05) is 31.8 Å². The van der Waals surface area contributed by atoms with Crippen molar-refractivity contribution in [1.82, 2.24) is 0 Å². The van der Waals surface area contributed by atoms with Crippen LogP contribution in [0.25, 0.3) is 0 Å². The van der Waals surface area contributed by atoms with Crippen molar-refractivity contribution in [2.24, 2.45) is 11.7 Å². The van der Waals surface area contributed by atoms with Crippen LogP contribution >= 0.6 is 0 Å². The Kier molecular flexibility index (Phi) is 17.2. The molecule has 13 heteroatoms. The molecule has 1 saturated heterocycles. The Hall–Kier alpha value is -2.84. The zero-order chi connectivity index (χ0) is 40.3. The van der Waals surface area contributed by atoms with E-state index >= 15 is 0 Å². The SMILES string of the molecule is C/C=C(/C)C(=O)O[C@H]1C(C)=C2[C@H]([C@@H]1OC(=O)CCCCCCC)[C@@](C)(OC(C)=O)C[C@H](OC(=O)CCCCCCCCCCN)[C@@]1(O)[C@H]2O[C@H](O)[C@@]1(C)O. The maximum absolute atomic E-state index is 13.5. The number of ether oxygens (including phenoxy) is 5. The van der Waals surface area contributed by atoms with E-state index < -0.39 is 77.3 Å². The smallest absolute Gasteiger partial charge is 0.334 e. The molecule has 13 nitrogen and oxygen atoms in total. The lowest BCUT2D eigenvalue weighted by molar-refractivity contribution is -0.228. The van der Waals surface area contributed by atoms with Crippen LogP contribution in [0.2, 0.25) is 0 Å². The molecule has 1 aliphatic heterocycles. The lowest BCUT2D eigenvalue weighted by atomic mass is 9.75. The van der Waals surface area contributed by atoms with Gasteiger partial charge in [-0.2, -0.15) is 0 Å². The van der Waals surface area contributed by atoms with Gasteiger partial charge in [0.1, 0.15) is 23.4 Å². The van der Waals surface area contributed by atoms with Crippen molar-refractivity contribution in [1.29, 1.82) is 0 Å². The zero-order valence-electron chi connectivity index (χ0n) is 33.7. The van der Waals surface area contributed by atoms with E-state index in [2.05, 4.69) is 6.92 Å². The molecule has 1 heterocycles. The van der Waals surface area contributed by atoms with Gasteiger partial charge in [0.05, 0.1) is 5.92 Å². The normalized spacial score (nSPS) is 32.1. The second-order valence-electron chi connectivity index (χ2n) is 15.8. The van der Waals surface area contributed by atoms with E-state index in [1.807, 2.05) is 0 Å². The fourth-order valence-electron chi connectivity index (χ4n) is 8.29. The summed E-state index contributed by atoms with van der Waals surface area (Å²) in [7, 11) is 0. The minimum atomic E-state index is -2.48. The highest BCUT2D eigenvalue weighted by Crippen LogP contribution is 2.58. The molecular weight excluding hydrogens is 698 g/mol. The summed E-state index contributed by atoms with van der Waals surface area (Å²) >= 11 is 0. The monoisotopic (exact) mass is 765 g/mol. The van der Waals surface area contributed by atoms with E-state index in [-0.39, 0.29) is 24.8 Å². The number of unbranched alkanes of at least 4 members (excludes halogenated alkanes) is 11. The number of rotatable bonds is 21. The van der Waals surface area contributed by atoms with E-state index in [4.69, 9.17) is 29.4 Å². The summed E-state index contributed by atoms with van der Waals surface area (Å²) in [5, 5.41) is 35.6. The number of hydrogen-bond donors (Lipinski definition) is 4. The number of carbonyl (C=O) groups excluding carboxylic acids is 4. The van der Waals surface area contributed by atoms with Crippen LogP contribution < -0.4 is 5.73 Å². The standard InChI is InChI=1S/C41H67NO12/c1-8-10-11-16-19-23-31(45)51-35-33-32(27(4)34(35)52-37(46)26(3)9-2)36-41(49,40(7,48)38(47)53-36)29(25-39(33,6)54-28(5)43)50-30(44)22-20-17-14-12-13-15-18-21-24-42/h9,29,33-36,38,47-49H,8,10-25,42H2,1-7H3/b26-9-/t29-,33+,34-,35-,36-,38-,39-,40+,41+/m0/s1. The van der Waals surface area contributed by atoms with E-state index in [1.54, 1.807) is 33.8 Å². The van der Waals surface area contributed by atoms with Gasteiger partial charge in [-0.1, -0.05) is 77.2 Å².